The highest BCUT2D eigenvalue weighted by atomic mass is 35.5. The summed E-state index contributed by atoms with van der Waals surface area (Å²) in [6, 6.07) is 6.11. The van der Waals surface area contributed by atoms with E-state index in [-0.39, 0.29) is 10.8 Å². The zero-order chi connectivity index (χ0) is 15.0. The van der Waals surface area contributed by atoms with Crippen molar-refractivity contribution < 1.29 is 9.66 Å². The Morgan fingerprint density at radius 1 is 1.33 bits per heavy atom. The van der Waals surface area contributed by atoms with Crippen LogP contribution in [0.15, 0.2) is 29.6 Å². The minimum atomic E-state index is -0.471. The van der Waals surface area contributed by atoms with Gasteiger partial charge in [0.25, 0.3) is 5.69 Å². The number of hydrogen-bond donors (Lipinski definition) is 0. The third-order valence-corrected chi connectivity index (χ3v) is 4.08. The minimum absolute atomic E-state index is 0.0404. The predicted molar refractivity (Wildman–Crippen MR) is 81.1 cm³/mol. The largest absolute Gasteiger partial charge is 0.495 e. The van der Waals surface area contributed by atoms with Crippen LogP contribution in [0.4, 0.5) is 5.69 Å². The first-order valence-corrected chi connectivity index (χ1v) is 7.09. The number of aromatic nitrogens is 2. The van der Waals surface area contributed by atoms with Crippen LogP contribution in [0.3, 0.4) is 0 Å². The Morgan fingerprint density at radius 2 is 2.14 bits per heavy atom. The molecular formula is C13H8ClN3O3S. The van der Waals surface area contributed by atoms with Crippen LogP contribution in [-0.4, -0.2) is 22.0 Å². The molecule has 3 rings (SSSR count). The van der Waals surface area contributed by atoms with Gasteiger partial charge in [-0.2, -0.15) is 0 Å². The molecule has 2 aromatic heterocycles. The quantitative estimate of drug-likeness (QED) is 0.415. The first kappa shape index (κ1) is 13.7. The van der Waals surface area contributed by atoms with Gasteiger partial charge >= 0.3 is 0 Å². The van der Waals surface area contributed by atoms with E-state index in [0.29, 0.717) is 22.5 Å². The number of non-ortho nitro benzene ring substituents is 1. The Labute approximate surface area is 128 Å². The number of rotatable bonds is 3. The molecule has 0 amide bonds. The normalized spacial score (nSPS) is 10.8. The van der Waals surface area contributed by atoms with Crippen LogP contribution in [0, 0.1) is 10.1 Å². The number of thiophene rings is 1. The standard InChI is InChI=1S/C13H8ClN3O3S/c1-20-10-4-5-21-11(10)13-15-9-6-7(17(18)19)2-3-8(9)12(14)16-13/h2-6H,1H3. The third kappa shape index (κ3) is 2.41. The van der Waals surface area contributed by atoms with Crippen LogP contribution in [0.25, 0.3) is 21.6 Å². The lowest BCUT2D eigenvalue weighted by atomic mass is 10.2. The average Bonchev–Trinajstić information content (AvgIpc) is 2.95. The number of nitrogens with zero attached hydrogens (tertiary/aromatic N) is 3. The predicted octanol–water partition coefficient (Wildman–Crippen LogP) is 3.93. The zero-order valence-corrected chi connectivity index (χ0v) is 12.3. The molecule has 6 nitrogen and oxygen atoms in total. The average molecular weight is 322 g/mol. The maximum absolute atomic E-state index is 10.9. The fraction of sp³-hybridized carbons (Fsp3) is 0.0769. The van der Waals surface area contributed by atoms with Gasteiger partial charge in [0.2, 0.25) is 0 Å². The highest BCUT2D eigenvalue weighted by molar-refractivity contribution is 7.13. The Kier molecular flexibility index (Phi) is 3.44. The van der Waals surface area contributed by atoms with Gasteiger partial charge in [0.05, 0.1) is 17.5 Å². The number of nitro groups is 1. The van der Waals surface area contributed by atoms with Gasteiger partial charge in [-0.1, -0.05) is 11.6 Å². The van der Waals surface area contributed by atoms with Gasteiger partial charge in [0.1, 0.15) is 15.8 Å². The SMILES string of the molecule is COc1ccsc1-c1nc(Cl)c2ccc([N+](=O)[O-])cc2n1. The number of halogens is 1. The summed E-state index contributed by atoms with van der Waals surface area (Å²) in [5.74, 6) is 1.03. The summed E-state index contributed by atoms with van der Waals surface area (Å²) >= 11 is 7.56. The molecule has 1 aromatic carbocycles. The van der Waals surface area contributed by atoms with Gasteiger partial charge in [0.15, 0.2) is 5.82 Å². The number of nitro benzene ring substituents is 1. The van der Waals surface area contributed by atoms with Crippen LogP contribution in [-0.2, 0) is 0 Å². The fourth-order valence-corrected chi connectivity index (χ4v) is 2.95. The Bertz CT molecular complexity index is 850. The van der Waals surface area contributed by atoms with E-state index in [2.05, 4.69) is 9.97 Å². The van der Waals surface area contributed by atoms with Crippen molar-refractivity contribution in [1.82, 2.24) is 9.97 Å². The second-order valence-electron chi connectivity index (χ2n) is 4.11. The molecule has 3 aromatic rings. The van der Waals surface area contributed by atoms with Crippen molar-refractivity contribution in [2.75, 3.05) is 7.11 Å². The van der Waals surface area contributed by atoms with Gasteiger partial charge in [-0.3, -0.25) is 10.1 Å². The number of hydrogen-bond acceptors (Lipinski definition) is 6. The Hall–Kier alpha value is -2.25. The molecule has 0 aliphatic carbocycles. The molecule has 0 fully saturated rings. The van der Waals surface area contributed by atoms with E-state index in [1.807, 2.05) is 5.38 Å². The van der Waals surface area contributed by atoms with Gasteiger partial charge < -0.3 is 4.74 Å². The van der Waals surface area contributed by atoms with Crippen LogP contribution in [0.2, 0.25) is 5.15 Å². The second kappa shape index (κ2) is 5.27. The van der Waals surface area contributed by atoms with Crippen LogP contribution in [0.1, 0.15) is 0 Å². The van der Waals surface area contributed by atoms with E-state index in [9.17, 15) is 10.1 Å². The van der Waals surface area contributed by atoms with E-state index < -0.39 is 4.92 Å². The molecule has 0 spiro atoms. The summed E-state index contributed by atoms with van der Waals surface area (Å²) in [5, 5.41) is 13.5. The molecule has 0 atom stereocenters. The monoisotopic (exact) mass is 321 g/mol. The molecule has 0 radical (unpaired) electrons. The molecule has 106 valence electrons. The molecule has 0 aliphatic rings. The Balaban J connectivity index is 2.23. The molecule has 0 bridgehead atoms. The molecule has 0 saturated carbocycles. The summed E-state index contributed by atoms with van der Waals surface area (Å²) in [4.78, 5) is 19.7. The topological polar surface area (TPSA) is 78.2 Å². The Morgan fingerprint density at radius 3 is 2.86 bits per heavy atom. The third-order valence-electron chi connectivity index (χ3n) is 2.90. The van der Waals surface area contributed by atoms with Crippen molar-refractivity contribution in [2.45, 2.75) is 0 Å². The number of ether oxygens (including phenoxy) is 1. The van der Waals surface area contributed by atoms with Crippen LogP contribution >= 0.6 is 22.9 Å². The van der Waals surface area contributed by atoms with Crippen LogP contribution in [0.5, 0.6) is 5.75 Å². The van der Waals surface area contributed by atoms with E-state index in [0.717, 1.165) is 4.88 Å². The molecule has 0 N–H and O–H groups in total. The van der Waals surface area contributed by atoms with Gasteiger partial charge in [-0.15, -0.1) is 11.3 Å². The summed E-state index contributed by atoms with van der Waals surface area (Å²) in [6.07, 6.45) is 0. The highest BCUT2D eigenvalue weighted by Crippen LogP contribution is 2.35. The van der Waals surface area contributed by atoms with E-state index in [4.69, 9.17) is 16.3 Å². The van der Waals surface area contributed by atoms with Crippen molar-refractivity contribution in [2.24, 2.45) is 0 Å². The maximum atomic E-state index is 10.9. The summed E-state index contributed by atoms with van der Waals surface area (Å²) in [6.45, 7) is 0. The highest BCUT2D eigenvalue weighted by Gasteiger charge is 2.15. The lowest BCUT2D eigenvalue weighted by Gasteiger charge is -2.05. The number of benzene rings is 1. The van der Waals surface area contributed by atoms with E-state index >= 15 is 0 Å². The lowest BCUT2D eigenvalue weighted by molar-refractivity contribution is -0.384. The van der Waals surface area contributed by atoms with E-state index in [1.54, 1.807) is 19.2 Å². The number of fused-ring (bicyclic) bond motifs is 1. The van der Waals surface area contributed by atoms with Crippen molar-refractivity contribution in [3.63, 3.8) is 0 Å². The molecular weight excluding hydrogens is 314 g/mol. The molecule has 0 saturated heterocycles. The minimum Gasteiger partial charge on any atom is -0.495 e. The first-order valence-electron chi connectivity index (χ1n) is 5.83. The van der Waals surface area contributed by atoms with E-state index in [1.165, 1.54) is 23.5 Å². The van der Waals surface area contributed by atoms with Gasteiger partial charge in [-0.05, 0) is 17.5 Å². The molecule has 2 heterocycles. The maximum Gasteiger partial charge on any atom is 0.271 e. The smallest absolute Gasteiger partial charge is 0.271 e. The van der Waals surface area contributed by atoms with Gasteiger partial charge in [0, 0.05) is 17.5 Å². The first-order chi connectivity index (χ1) is 10.1. The molecule has 21 heavy (non-hydrogen) atoms. The van der Waals surface area contributed by atoms with Crippen molar-refractivity contribution in [1.29, 1.82) is 0 Å². The summed E-state index contributed by atoms with van der Waals surface area (Å²) in [5.41, 5.74) is 0.385. The van der Waals surface area contributed by atoms with Crippen molar-refractivity contribution in [3.05, 3.63) is 44.9 Å². The fourth-order valence-electron chi connectivity index (χ4n) is 1.92. The summed E-state index contributed by atoms with van der Waals surface area (Å²) in [7, 11) is 1.55. The second-order valence-corrected chi connectivity index (χ2v) is 5.39. The van der Waals surface area contributed by atoms with Crippen molar-refractivity contribution >= 4 is 39.5 Å². The lowest BCUT2D eigenvalue weighted by Crippen LogP contribution is -1.94. The molecule has 8 heteroatoms. The number of methoxy groups -OCH3 is 1. The van der Waals surface area contributed by atoms with Gasteiger partial charge in [-0.25, -0.2) is 9.97 Å². The molecule has 0 unspecified atom stereocenters. The van der Waals surface area contributed by atoms with Crippen LogP contribution < -0.4 is 4.74 Å². The zero-order valence-electron chi connectivity index (χ0n) is 10.7. The summed E-state index contributed by atoms with van der Waals surface area (Å²) < 4.78 is 5.23. The van der Waals surface area contributed by atoms with Crippen molar-refractivity contribution in [3.8, 4) is 16.5 Å². The molecule has 0 aliphatic heterocycles.